The van der Waals surface area contributed by atoms with E-state index in [0.717, 1.165) is 28.1 Å². The van der Waals surface area contributed by atoms with Gasteiger partial charge in [0.05, 0.1) is 23.2 Å². The van der Waals surface area contributed by atoms with Gasteiger partial charge in [-0.1, -0.05) is 54.1 Å². The Morgan fingerprint density at radius 1 is 1.07 bits per heavy atom. The summed E-state index contributed by atoms with van der Waals surface area (Å²) in [6, 6.07) is 19.6. The summed E-state index contributed by atoms with van der Waals surface area (Å²) in [5.41, 5.74) is 5.02. The van der Waals surface area contributed by atoms with Crippen LogP contribution < -0.4 is 0 Å². The van der Waals surface area contributed by atoms with Gasteiger partial charge in [-0.05, 0) is 18.2 Å². The molecule has 1 N–H and O–H groups in total. The van der Waals surface area contributed by atoms with Crippen LogP contribution in [-0.4, -0.2) is 15.2 Å². The average Bonchev–Trinajstić information content (AvgIpc) is 3.37. The van der Waals surface area contributed by atoms with Crippen LogP contribution in [-0.2, 0) is 0 Å². The smallest absolute Gasteiger partial charge is 0.134 e. The van der Waals surface area contributed by atoms with Gasteiger partial charge in [0.15, 0.2) is 0 Å². The molecule has 6 heteroatoms. The van der Waals surface area contributed by atoms with Gasteiger partial charge in [-0.15, -0.1) is 11.3 Å². The van der Waals surface area contributed by atoms with Crippen LogP contribution in [0.1, 0.15) is 10.6 Å². The molecule has 4 aromatic rings. The Hall–Kier alpha value is -3.20. The monoisotopic (exact) mass is 388 g/mol. The summed E-state index contributed by atoms with van der Waals surface area (Å²) < 4.78 is 0. The maximum Gasteiger partial charge on any atom is 0.134 e. The maximum absolute atomic E-state index is 9.66. The molecule has 0 spiro atoms. The summed E-state index contributed by atoms with van der Waals surface area (Å²) in [5.74, 6) is 0. The first-order chi connectivity index (χ1) is 13.2. The van der Waals surface area contributed by atoms with Gasteiger partial charge in [-0.25, -0.2) is 4.98 Å². The molecule has 4 nitrogen and oxygen atoms in total. The minimum Gasteiger partial charge on any atom is -0.277 e. The number of rotatable bonds is 4. The molecule has 0 saturated carbocycles. The van der Waals surface area contributed by atoms with E-state index in [1.165, 1.54) is 11.3 Å². The molecule has 0 aliphatic rings. The van der Waals surface area contributed by atoms with Gasteiger partial charge in [0, 0.05) is 27.1 Å². The van der Waals surface area contributed by atoms with Gasteiger partial charge in [-0.3, -0.25) is 5.10 Å². The van der Waals surface area contributed by atoms with E-state index in [0.29, 0.717) is 15.6 Å². The van der Waals surface area contributed by atoms with E-state index in [1.54, 1.807) is 6.20 Å². The van der Waals surface area contributed by atoms with Crippen molar-refractivity contribution in [3.05, 3.63) is 81.8 Å². The molecule has 0 bridgehead atoms. The highest BCUT2D eigenvalue weighted by Crippen LogP contribution is 2.29. The molecule has 2 aromatic carbocycles. The number of nitrogens with one attached hydrogen (secondary N) is 1. The number of hydrogen-bond donors (Lipinski definition) is 1. The molecule has 0 aliphatic carbocycles. The second-order valence-corrected chi connectivity index (χ2v) is 7.08. The van der Waals surface area contributed by atoms with Gasteiger partial charge < -0.3 is 0 Å². The Kier molecular flexibility index (Phi) is 4.84. The summed E-state index contributed by atoms with van der Waals surface area (Å²) >= 11 is 7.38. The molecule has 0 fully saturated rings. The molecule has 0 saturated heterocycles. The number of H-pyrrole nitrogens is 1. The van der Waals surface area contributed by atoms with Crippen LogP contribution in [0.15, 0.2) is 66.2 Å². The highest BCUT2D eigenvalue weighted by molar-refractivity contribution is 7.11. The number of nitrogens with zero attached hydrogens (tertiary/aromatic N) is 3. The first-order valence-electron chi connectivity index (χ1n) is 8.17. The van der Waals surface area contributed by atoms with Crippen LogP contribution in [0.5, 0.6) is 0 Å². The third kappa shape index (κ3) is 3.68. The topological polar surface area (TPSA) is 65.4 Å². The lowest BCUT2D eigenvalue weighted by atomic mass is 10.1. The number of benzene rings is 2. The van der Waals surface area contributed by atoms with Crippen molar-refractivity contribution in [3.8, 4) is 28.6 Å². The summed E-state index contributed by atoms with van der Waals surface area (Å²) in [5, 5.41) is 20.1. The van der Waals surface area contributed by atoms with Crippen molar-refractivity contribution >= 4 is 34.6 Å². The highest BCUT2D eigenvalue weighted by atomic mass is 35.5. The van der Waals surface area contributed by atoms with Gasteiger partial charge in [-0.2, -0.15) is 10.4 Å². The van der Waals surface area contributed by atoms with E-state index >= 15 is 0 Å². The minimum atomic E-state index is 0.499. The van der Waals surface area contributed by atoms with E-state index in [1.807, 2.05) is 66.1 Å². The highest BCUT2D eigenvalue weighted by Gasteiger charge is 2.12. The average molecular weight is 389 g/mol. The Morgan fingerprint density at radius 3 is 2.59 bits per heavy atom. The number of nitriles is 1. The van der Waals surface area contributed by atoms with Gasteiger partial charge in [0.25, 0.3) is 0 Å². The van der Waals surface area contributed by atoms with Crippen molar-refractivity contribution in [3.63, 3.8) is 0 Å². The Labute approximate surface area is 165 Å². The largest absolute Gasteiger partial charge is 0.277 e. The summed E-state index contributed by atoms with van der Waals surface area (Å²) in [6.07, 6.45) is 3.53. The van der Waals surface area contributed by atoms with E-state index in [4.69, 9.17) is 11.6 Å². The number of hydrogen-bond acceptors (Lipinski definition) is 4. The predicted molar refractivity (Wildman–Crippen MR) is 110 cm³/mol. The number of allylic oxidation sites excluding steroid dienone is 1. The normalized spacial score (nSPS) is 11.3. The van der Waals surface area contributed by atoms with E-state index < -0.39 is 0 Å². The van der Waals surface area contributed by atoms with Crippen molar-refractivity contribution in [2.45, 2.75) is 0 Å². The first kappa shape index (κ1) is 17.2. The number of aromatic nitrogens is 3. The molecule has 0 unspecified atom stereocenters. The fourth-order valence-electron chi connectivity index (χ4n) is 2.69. The molecule has 0 radical (unpaired) electrons. The van der Waals surface area contributed by atoms with Crippen LogP contribution in [0.4, 0.5) is 0 Å². The molecule has 2 heterocycles. The summed E-state index contributed by atoms with van der Waals surface area (Å²) in [4.78, 5) is 4.62. The van der Waals surface area contributed by atoms with Crippen LogP contribution >= 0.6 is 22.9 Å². The van der Waals surface area contributed by atoms with Crippen molar-refractivity contribution in [2.75, 3.05) is 0 Å². The molecule has 4 rings (SSSR count). The van der Waals surface area contributed by atoms with Crippen molar-refractivity contribution in [1.29, 1.82) is 5.26 Å². The fourth-order valence-corrected chi connectivity index (χ4v) is 3.61. The maximum atomic E-state index is 9.66. The minimum absolute atomic E-state index is 0.499. The lowest BCUT2D eigenvalue weighted by Crippen LogP contribution is -1.84. The zero-order valence-electron chi connectivity index (χ0n) is 14.1. The van der Waals surface area contributed by atoms with Crippen LogP contribution in [0, 0.1) is 11.3 Å². The van der Waals surface area contributed by atoms with Gasteiger partial charge in [0.2, 0.25) is 0 Å². The summed E-state index contributed by atoms with van der Waals surface area (Å²) in [6.45, 7) is 0. The van der Waals surface area contributed by atoms with Gasteiger partial charge >= 0.3 is 0 Å². The molecule has 27 heavy (non-hydrogen) atoms. The molecule has 130 valence electrons. The zero-order valence-corrected chi connectivity index (χ0v) is 15.6. The van der Waals surface area contributed by atoms with Crippen LogP contribution in [0.2, 0.25) is 5.02 Å². The zero-order chi connectivity index (χ0) is 18.6. The third-order valence-corrected chi connectivity index (χ3v) is 5.15. The van der Waals surface area contributed by atoms with Crippen molar-refractivity contribution in [2.24, 2.45) is 0 Å². The second kappa shape index (κ2) is 7.58. The Bertz CT molecular complexity index is 1130. The third-order valence-electron chi connectivity index (χ3n) is 4.03. The fraction of sp³-hybridized carbons (Fsp3) is 0. The molecular weight excluding hydrogens is 376 g/mol. The van der Waals surface area contributed by atoms with Gasteiger partial charge in [0.1, 0.15) is 11.1 Å². The number of aromatic amines is 1. The van der Waals surface area contributed by atoms with Crippen molar-refractivity contribution in [1.82, 2.24) is 15.2 Å². The first-order valence-corrected chi connectivity index (χ1v) is 9.43. The Morgan fingerprint density at radius 2 is 1.85 bits per heavy atom. The summed E-state index contributed by atoms with van der Waals surface area (Å²) in [7, 11) is 0. The Balaban J connectivity index is 1.69. The molecule has 2 aromatic heterocycles. The van der Waals surface area contributed by atoms with Crippen LogP contribution in [0.25, 0.3) is 34.2 Å². The lowest BCUT2D eigenvalue weighted by molar-refractivity contribution is 1.10. The van der Waals surface area contributed by atoms with Crippen LogP contribution in [0.3, 0.4) is 0 Å². The van der Waals surface area contributed by atoms with E-state index in [-0.39, 0.29) is 0 Å². The molecule has 0 aliphatic heterocycles. The molecular formula is C21H13ClN4S. The molecule has 0 atom stereocenters. The standard InChI is InChI=1S/C21H13ClN4S/c22-18-8-6-14(7-9-18)19-13-27-21(25-19)16(11-23)10-17-12-24-26-20(17)15-4-2-1-3-5-15/h1-10,12-13H,(H,24,26). The van der Waals surface area contributed by atoms with E-state index in [9.17, 15) is 5.26 Å². The van der Waals surface area contributed by atoms with Crippen molar-refractivity contribution < 1.29 is 0 Å². The quantitative estimate of drug-likeness (QED) is 0.441. The number of thiazole rings is 1. The second-order valence-electron chi connectivity index (χ2n) is 5.78. The number of halogens is 1. The molecule has 0 amide bonds. The SMILES string of the molecule is N#CC(=Cc1cn[nH]c1-c1ccccc1)c1nc(-c2ccc(Cl)cc2)cs1. The lowest BCUT2D eigenvalue weighted by Gasteiger charge is -2.00. The predicted octanol–water partition coefficient (Wildman–Crippen LogP) is 5.92. The van der Waals surface area contributed by atoms with E-state index in [2.05, 4.69) is 21.3 Å².